The van der Waals surface area contributed by atoms with E-state index in [9.17, 15) is 9.59 Å². The average Bonchev–Trinajstić information content (AvgIpc) is 2.55. The molecule has 3 N–H and O–H groups in total. The number of nitrogens with one attached hydrogen (secondary N) is 2. The van der Waals surface area contributed by atoms with Gasteiger partial charge in [-0.3, -0.25) is 9.59 Å². The van der Waals surface area contributed by atoms with Gasteiger partial charge in [0.25, 0.3) is 5.91 Å². The Morgan fingerprint density at radius 3 is 2.50 bits per heavy atom. The smallest absolute Gasteiger partial charge is 0.251 e. The van der Waals surface area contributed by atoms with E-state index >= 15 is 0 Å². The molecule has 6 heteroatoms. The van der Waals surface area contributed by atoms with Crippen molar-refractivity contribution in [2.24, 2.45) is 0 Å². The van der Waals surface area contributed by atoms with E-state index in [1.54, 1.807) is 42.5 Å². The highest BCUT2D eigenvalue weighted by molar-refractivity contribution is 6.30. The third kappa shape index (κ3) is 5.68. The molecule has 0 spiro atoms. The Hall–Kier alpha value is -2.37. The lowest BCUT2D eigenvalue weighted by Crippen LogP contribution is -2.25. The zero-order chi connectivity index (χ0) is 17.4. The second-order valence-corrected chi connectivity index (χ2v) is 5.70. The van der Waals surface area contributed by atoms with Gasteiger partial charge in [0.1, 0.15) is 0 Å². The number of carbonyl (C=O) groups is 2. The number of anilines is 1. The summed E-state index contributed by atoms with van der Waals surface area (Å²) in [6, 6.07) is 13.8. The highest BCUT2D eigenvalue weighted by Crippen LogP contribution is 2.13. The van der Waals surface area contributed by atoms with Crippen molar-refractivity contribution in [2.45, 2.75) is 12.8 Å². The van der Waals surface area contributed by atoms with Gasteiger partial charge in [0.05, 0.1) is 6.42 Å². The molecule has 2 amide bonds. The normalized spacial score (nSPS) is 10.2. The van der Waals surface area contributed by atoms with Gasteiger partial charge in [-0.15, -0.1) is 0 Å². The Kier molecular flexibility index (Phi) is 6.78. The van der Waals surface area contributed by atoms with Gasteiger partial charge in [-0.25, -0.2) is 0 Å². The van der Waals surface area contributed by atoms with Crippen molar-refractivity contribution in [1.29, 1.82) is 0 Å². The van der Waals surface area contributed by atoms with E-state index in [0.717, 1.165) is 5.56 Å². The van der Waals surface area contributed by atoms with Crippen LogP contribution >= 0.6 is 11.6 Å². The number of rotatable bonds is 7. The zero-order valence-electron chi connectivity index (χ0n) is 13.1. The van der Waals surface area contributed by atoms with Gasteiger partial charge in [-0.2, -0.15) is 0 Å². The summed E-state index contributed by atoms with van der Waals surface area (Å²) in [4.78, 5) is 23.9. The lowest BCUT2D eigenvalue weighted by Gasteiger charge is -2.07. The molecule has 0 atom stereocenters. The van der Waals surface area contributed by atoms with Crippen molar-refractivity contribution < 1.29 is 14.7 Å². The van der Waals surface area contributed by atoms with Gasteiger partial charge in [-0.1, -0.05) is 23.7 Å². The summed E-state index contributed by atoms with van der Waals surface area (Å²) in [6.07, 6.45) is 0.743. The topological polar surface area (TPSA) is 78.4 Å². The van der Waals surface area contributed by atoms with Gasteiger partial charge in [0.2, 0.25) is 5.91 Å². The quantitative estimate of drug-likeness (QED) is 0.674. The summed E-state index contributed by atoms with van der Waals surface area (Å²) in [7, 11) is 0. The molecule has 0 unspecified atom stereocenters. The largest absolute Gasteiger partial charge is 0.396 e. The van der Waals surface area contributed by atoms with E-state index in [-0.39, 0.29) is 24.8 Å². The zero-order valence-corrected chi connectivity index (χ0v) is 13.8. The fourth-order valence-corrected chi connectivity index (χ4v) is 2.34. The summed E-state index contributed by atoms with van der Waals surface area (Å²) in [5.74, 6) is -0.363. The molecule has 0 bridgehead atoms. The van der Waals surface area contributed by atoms with Gasteiger partial charge in [0.15, 0.2) is 0 Å². The minimum absolute atomic E-state index is 0.0396. The van der Waals surface area contributed by atoms with E-state index in [1.165, 1.54) is 0 Å². The summed E-state index contributed by atoms with van der Waals surface area (Å²) in [6.45, 7) is 0.464. The van der Waals surface area contributed by atoms with Crippen LogP contribution < -0.4 is 10.6 Å². The second kappa shape index (κ2) is 9.05. The minimum Gasteiger partial charge on any atom is -0.396 e. The maximum absolute atomic E-state index is 12.0. The van der Waals surface area contributed by atoms with Crippen molar-refractivity contribution >= 4 is 29.1 Å². The van der Waals surface area contributed by atoms with Crippen LogP contribution in [0.5, 0.6) is 0 Å². The Balaban J connectivity index is 1.89. The molecule has 0 fully saturated rings. The van der Waals surface area contributed by atoms with Crippen LogP contribution in [-0.2, 0) is 11.2 Å². The fourth-order valence-electron chi connectivity index (χ4n) is 2.13. The molecule has 0 saturated carbocycles. The first kappa shape index (κ1) is 18.0. The van der Waals surface area contributed by atoms with E-state index in [4.69, 9.17) is 16.7 Å². The number of benzene rings is 2. The predicted molar refractivity (Wildman–Crippen MR) is 94.3 cm³/mol. The molecule has 0 heterocycles. The highest BCUT2D eigenvalue weighted by Gasteiger charge is 2.07. The van der Waals surface area contributed by atoms with Crippen molar-refractivity contribution in [3.63, 3.8) is 0 Å². The van der Waals surface area contributed by atoms with Gasteiger partial charge >= 0.3 is 0 Å². The number of hydrogen-bond acceptors (Lipinski definition) is 3. The number of carbonyl (C=O) groups excluding carboxylic acids is 2. The molecule has 2 aromatic rings. The molecule has 126 valence electrons. The molecule has 0 saturated heterocycles. The summed E-state index contributed by atoms with van der Waals surface area (Å²) in [5, 5.41) is 14.8. The SMILES string of the molecule is O=C(Cc1cccc(Cl)c1)Nc1ccc(C(=O)NCCCO)cc1. The van der Waals surface area contributed by atoms with E-state index in [0.29, 0.717) is 29.2 Å². The Morgan fingerprint density at radius 2 is 1.83 bits per heavy atom. The maximum atomic E-state index is 12.0. The summed E-state index contributed by atoms with van der Waals surface area (Å²) < 4.78 is 0. The van der Waals surface area contributed by atoms with Gasteiger partial charge in [0, 0.05) is 29.4 Å². The maximum Gasteiger partial charge on any atom is 0.251 e. The summed E-state index contributed by atoms with van der Waals surface area (Å²) in [5.41, 5.74) is 1.95. The molecule has 2 rings (SSSR count). The van der Waals surface area contributed by atoms with E-state index < -0.39 is 0 Å². The van der Waals surface area contributed by atoms with Gasteiger partial charge < -0.3 is 15.7 Å². The standard InChI is InChI=1S/C18H19ClN2O3/c19-15-4-1-3-13(11-15)12-17(23)21-16-7-5-14(6-8-16)18(24)20-9-2-10-22/h1,3-8,11,22H,2,9-10,12H2,(H,20,24)(H,21,23). The molecule has 0 radical (unpaired) electrons. The Labute approximate surface area is 145 Å². The molecule has 0 aliphatic carbocycles. The number of amides is 2. The third-order valence-electron chi connectivity index (χ3n) is 3.31. The van der Waals surface area contributed by atoms with Crippen molar-refractivity contribution in [2.75, 3.05) is 18.5 Å². The molecule has 2 aromatic carbocycles. The molecule has 0 aliphatic rings. The monoisotopic (exact) mass is 346 g/mol. The first-order valence-electron chi connectivity index (χ1n) is 7.62. The van der Waals surface area contributed by atoms with Crippen molar-refractivity contribution in [3.05, 3.63) is 64.7 Å². The fraction of sp³-hybridized carbons (Fsp3) is 0.222. The molecule has 0 aromatic heterocycles. The Bertz CT molecular complexity index is 702. The second-order valence-electron chi connectivity index (χ2n) is 5.27. The van der Waals surface area contributed by atoms with Crippen LogP contribution in [0.1, 0.15) is 22.3 Å². The number of aliphatic hydroxyl groups excluding tert-OH is 1. The van der Waals surface area contributed by atoms with Crippen LogP contribution in [0.15, 0.2) is 48.5 Å². The number of aliphatic hydroxyl groups is 1. The van der Waals surface area contributed by atoms with Crippen LogP contribution in [0, 0.1) is 0 Å². The first-order chi connectivity index (χ1) is 11.6. The lowest BCUT2D eigenvalue weighted by molar-refractivity contribution is -0.115. The first-order valence-corrected chi connectivity index (χ1v) is 7.99. The average molecular weight is 347 g/mol. The third-order valence-corrected chi connectivity index (χ3v) is 3.54. The van der Waals surface area contributed by atoms with Crippen LogP contribution in [0.25, 0.3) is 0 Å². The van der Waals surface area contributed by atoms with Crippen molar-refractivity contribution in [1.82, 2.24) is 5.32 Å². The van der Waals surface area contributed by atoms with Crippen LogP contribution in [0.2, 0.25) is 5.02 Å². The summed E-state index contributed by atoms with van der Waals surface area (Å²) >= 11 is 5.90. The van der Waals surface area contributed by atoms with E-state index in [1.807, 2.05) is 6.07 Å². The Morgan fingerprint density at radius 1 is 1.08 bits per heavy atom. The molecule has 24 heavy (non-hydrogen) atoms. The molecule has 0 aliphatic heterocycles. The van der Waals surface area contributed by atoms with Crippen LogP contribution in [0.3, 0.4) is 0 Å². The highest BCUT2D eigenvalue weighted by atomic mass is 35.5. The van der Waals surface area contributed by atoms with Crippen LogP contribution in [-0.4, -0.2) is 30.1 Å². The lowest BCUT2D eigenvalue weighted by atomic mass is 10.1. The minimum atomic E-state index is -0.208. The number of halogens is 1. The molecule has 5 nitrogen and oxygen atoms in total. The van der Waals surface area contributed by atoms with E-state index in [2.05, 4.69) is 10.6 Å². The number of hydrogen-bond donors (Lipinski definition) is 3. The molecular formula is C18H19ClN2O3. The van der Waals surface area contributed by atoms with Crippen molar-refractivity contribution in [3.8, 4) is 0 Å². The van der Waals surface area contributed by atoms with Crippen LogP contribution in [0.4, 0.5) is 5.69 Å². The molecular weight excluding hydrogens is 328 g/mol. The van der Waals surface area contributed by atoms with Gasteiger partial charge in [-0.05, 0) is 48.4 Å². The predicted octanol–water partition coefficient (Wildman–Crippen LogP) is 2.63.